The molecule has 0 atom stereocenters. The maximum atomic E-state index is 6.14. The Morgan fingerprint density at radius 1 is 1.05 bits per heavy atom. The highest BCUT2D eigenvalue weighted by atomic mass is 35.5. The Labute approximate surface area is 128 Å². The molecule has 2 aromatic rings. The van der Waals surface area contributed by atoms with Crippen LogP contribution in [-0.2, 0) is 6.42 Å². The van der Waals surface area contributed by atoms with Crippen molar-refractivity contribution in [1.82, 2.24) is 9.97 Å². The maximum absolute atomic E-state index is 6.14. The topological polar surface area (TPSA) is 49.8 Å². The number of hydrogen-bond acceptors (Lipinski definition) is 4. The van der Waals surface area contributed by atoms with E-state index in [0.717, 1.165) is 19.5 Å². The molecule has 106 valence electrons. The largest absolute Gasteiger partial charge is 0.369 e. The van der Waals surface area contributed by atoms with Crippen LogP contribution in [0.25, 0.3) is 0 Å². The van der Waals surface area contributed by atoms with Gasteiger partial charge >= 0.3 is 0 Å². The van der Waals surface area contributed by atoms with Crippen LogP contribution >= 0.6 is 23.2 Å². The standard InChI is InChI=1S/C14H16Cl2N4/c1-2-18-13-11(15)9-12(16)14(20-13)19-8-5-10-3-6-17-7-4-10/h3-4,6-7,9H,2,5,8H2,1H3,(H2,18,19,20). The van der Waals surface area contributed by atoms with Crippen LogP contribution < -0.4 is 10.6 Å². The van der Waals surface area contributed by atoms with Gasteiger partial charge in [0.2, 0.25) is 0 Å². The summed E-state index contributed by atoms with van der Waals surface area (Å²) in [5, 5.41) is 7.37. The van der Waals surface area contributed by atoms with E-state index in [9.17, 15) is 0 Å². The first-order chi connectivity index (χ1) is 9.70. The molecule has 4 nitrogen and oxygen atoms in total. The van der Waals surface area contributed by atoms with Gasteiger partial charge in [-0.2, -0.15) is 0 Å². The summed E-state index contributed by atoms with van der Waals surface area (Å²) in [5.74, 6) is 1.28. The van der Waals surface area contributed by atoms with Crippen molar-refractivity contribution >= 4 is 34.8 Å². The Hall–Kier alpha value is -1.52. The molecule has 0 fully saturated rings. The summed E-state index contributed by atoms with van der Waals surface area (Å²) in [6.45, 7) is 3.48. The number of nitrogens with zero attached hydrogens (tertiary/aromatic N) is 2. The van der Waals surface area contributed by atoms with Crippen LogP contribution in [0.1, 0.15) is 12.5 Å². The van der Waals surface area contributed by atoms with Crippen molar-refractivity contribution in [2.45, 2.75) is 13.3 Å². The lowest BCUT2D eigenvalue weighted by Gasteiger charge is -2.11. The second-order valence-electron chi connectivity index (χ2n) is 4.21. The number of rotatable bonds is 6. The third-order valence-corrected chi connectivity index (χ3v) is 3.31. The van der Waals surface area contributed by atoms with E-state index < -0.39 is 0 Å². The van der Waals surface area contributed by atoms with E-state index in [4.69, 9.17) is 23.2 Å². The number of pyridine rings is 2. The fraction of sp³-hybridized carbons (Fsp3) is 0.286. The van der Waals surface area contributed by atoms with Gasteiger partial charge in [-0.3, -0.25) is 4.98 Å². The highest BCUT2D eigenvalue weighted by Crippen LogP contribution is 2.29. The lowest BCUT2D eigenvalue weighted by molar-refractivity contribution is 0.999. The van der Waals surface area contributed by atoms with E-state index in [1.807, 2.05) is 19.1 Å². The van der Waals surface area contributed by atoms with Crippen LogP contribution in [0.2, 0.25) is 10.0 Å². The van der Waals surface area contributed by atoms with E-state index in [1.54, 1.807) is 18.5 Å². The van der Waals surface area contributed by atoms with Gasteiger partial charge in [0, 0.05) is 25.5 Å². The van der Waals surface area contributed by atoms with Gasteiger partial charge in [-0.25, -0.2) is 4.98 Å². The smallest absolute Gasteiger partial charge is 0.147 e. The van der Waals surface area contributed by atoms with Crippen molar-refractivity contribution in [2.24, 2.45) is 0 Å². The van der Waals surface area contributed by atoms with E-state index in [1.165, 1.54) is 5.56 Å². The second kappa shape index (κ2) is 7.31. The summed E-state index contributed by atoms with van der Waals surface area (Å²) in [6.07, 6.45) is 4.44. The molecule has 2 rings (SSSR count). The first kappa shape index (κ1) is 14.9. The number of nitrogens with one attached hydrogen (secondary N) is 2. The van der Waals surface area contributed by atoms with E-state index in [2.05, 4.69) is 20.6 Å². The molecule has 0 spiro atoms. The van der Waals surface area contributed by atoms with E-state index in [-0.39, 0.29) is 0 Å². The van der Waals surface area contributed by atoms with Crippen molar-refractivity contribution in [1.29, 1.82) is 0 Å². The van der Waals surface area contributed by atoms with Gasteiger partial charge < -0.3 is 10.6 Å². The molecule has 6 heteroatoms. The van der Waals surface area contributed by atoms with Crippen LogP contribution in [-0.4, -0.2) is 23.1 Å². The van der Waals surface area contributed by atoms with Crippen LogP contribution in [0.15, 0.2) is 30.6 Å². The first-order valence-corrected chi connectivity index (χ1v) is 7.19. The average Bonchev–Trinajstić information content (AvgIpc) is 2.45. The summed E-state index contributed by atoms with van der Waals surface area (Å²) in [4.78, 5) is 8.39. The molecule has 2 aromatic heterocycles. The minimum Gasteiger partial charge on any atom is -0.369 e. The zero-order valence-corrected chi connectivity index (χ0v) is 12.7. The Kier molecular flexibility index (Phi) is 5.44. The quantitative estimate of drug-likeness (QED) is 0.850. The molecular weight excluding hydrogens is 295 g/mol. The van der Waals surface area contributed by atoms with Crippen LogP contribution in [0.3, 0.4) is 0 Å². The fourth-order valence-corrected chi connectivity index (χ4v) is 2.25. The monoisotopic (exact) mass is 310 g/mol. The maximum Gasteiger partial charge on any atom is 0.147 e. The van der Waals surface area contributed by atoms with Gasteiger partial charge in [0.05, 0.1) is 10.0 Å². The predicted molar refractivity (Wildman–Crippen MR) is 84.9 cm³/mol. The molecule has 20 heavy (non-hydrogen) atoms. The molecule has 2 N–H and O–H groups in total. The fourth-order valence-electron chi connectivity index (χ4n) is 1.76. The van der Waals surface area contributed by atoms with Crippen molar-refractivity contribution in [3.05, 3.63) is 46.2 Å². The van der Waals surface area contributed by atoms with Gasteiger partial charge in [0.25, 0.3) is 0 Å². The molecule has 0 saturated heterocycles. The lowest BCUT2D eigenvalue weighted by atomic mass is 10.2. The zero-order valence-electron chi connectivity index (χ0n) is 11.2. The van der Waals surface area contributed by atoms with Crippen molar-refractivity contribution in [2.75, 3.05) is 23.7 Å². The number of aromatic nitrogens is 2. The molecule has 0 saturated carbocycles. The molecule has 0 aliphatic carbocycles. The summed E-state index contributed by atoms with van der Waals surface area (Å²) in [7, 11) is 0. The Morgan fingerprint density at radius 3 is 2.35 bits per heavy atom. The van der Waals surface area contributed by atoms with Crippen molar-refractivity contribution < 1.29 is 0 Å². The Bertz CT molecular complexity index is 561. The molecule has 2 heterocycles. The number of hydrogen-bond donors (Lipinski definition) is 2. The predicted octanol–water partition coefficient (Wildman–Crippen LogP) is 3.87. The zero-order chi connectivity index (χ0) is 14.4. The third kappa shape index (κ3) is 3.99. The third-order valence-electron chi connectivity index (χ3n) is 2.73. The SMILES string of the molecule is CCNc1nc(NCCc2ccncc2)c(Cl)cc1Cl. The van der Waals surface area contributed by atoms with Crippen LogP contribution in [0, 0.1) is 0 Å². The molecule has 0 aliphatic heterocycles. The van der Waals surface area contributed by atoms with Gasteiger partial charge in [-0.15, -0.1) is 0 Å². The molecule has 0 unspecified atom stereocenters. The Morgan fingerprint density at radius 2 is 1.70 bits per heavy atom. The average molecular weight is 311 g/mol. The second-order valence-corrected chi connectivity index (χ2v) is 5.03. The van der Waals surface area contributed by atoms with Gasteiger partial charge in [-0.1, -0.05) is 23.2 Å². The van der Waals surface area contributed by atoms with E-state index in [0.29, 0.717) is 21.7 Å². The molecule has 0 amide bonds. The van der Waals surface area contributed by atoms with Gasteiger partial charge in [0.1, 0.15) is 11.6 Å². The number of anilines is 2. The highest BCUT2D eigenvalue weighted by molar-refractivity contribution is 6.37. The minimum atomic E-state index is 0.520. The molecule has 0 aliphatic rings. The lowest BCUT2D eigenvalue weighted by Crippen LogP contribution is -2.09. The molecular formula is C14H16Cl2N4. The highest BCUT2D eigenvalue weighted by Gasteiger charge is 2.08. The molecule has 0 aromatic carbocycles. The summed E-state index contributed by atoms with van der Waals surface area (Å²) in [6, 6.07) is 5.67. The van der Waals surface area contributed by atoms with E-state index >= 15 is 0 Å². The van der Waals surface area contributed by atoms with Crippen molar-refractivity contribution in [3.8, 4) is 0 Å². The molecule has 0 bridgehead atoms. The first-order valence-electron chi connectivity index (χ1n) is 6.43. The van der Waals surface area contributed by atoms with Gasteiger partial charge in [-0.05, 0) is 37.1 Å². The summed E-state index contributed by atoms with van der Waals surface area (Å²) in [5.41, 5.74) is 1.21. The summed E-state index contributed by atoms with van der Waals surface area (Å²) >= 11 is 12.2. The Balaban J connectivity index is 2.00. The summed E-state index contributed by atoms with van der Waals surface area (Å²) < 4.78 is 0. The normalized spacial score (nSPS) is 10.3. The van der Waals surface area contributed by atoms with Crippen molar-refractivity contribution in [3.63, 3.8) is 0 Å². The van der Waals surface area contributed by atoms with Crippen LogP contribution in [0.5, 0.6) is 0 Å². The molecule has 0 radical (unpaired) electrons. The van der Waals surface area contributed by atoms with Gasteiger partial charge in [0.15, 0.2) is 0 Å². The number of halogens is 2. The minimum absolute atomic E-state index is 0.520. The van der Waals surface area contributed by atoms with Crippen LogP contribution in [0.4, 0.5) is 11.6 Å².